The molecule has 0 saturated carbocycles. The van der Waals surface area contributed by atoms with Crippen LogP contribution in [0, 0.1) is 0 Å². The second kappa shape index (κ2) is 8.69. The zero-order valence-corrected chi connectivity index (χ0v) is 20.2. The molecular weight excluding hydrogens is 388 g/mol. The largest absolute Gasteiger partial charge is 0.304 e. The van der Waals surface area contributed by atoms with Gasteiger partial charge in [0.1, 0.15) is 0 Å². The van der Waals surface area contributed by atoms with Crippen LogP contribution in [0.5, 0.6) is 0 Å². The lowest BCUT2D eigenvalue weighted by Gasteiger charge is -2.39. The molecule has 0 amide bonds. The molecule has 2 nitrogen and oxygen atoms in total. The predicted molar refractivity (Wildman–Crippen MR) is 139 cm³/mol. The fraction of sp³-hybridized carbons (Fsp3) is 0.333. The van der Waals surface area contributed by atoms with E-state index in [1.54, 1.807) is 0 Å². The fourth-order valence-corrected chi connectivity index (χ4v) is 4.45. The lowest BCUT2D eigenvalue weighted by atomic mass is 9.87. The first-order valence-electron chi connectivity index (χ1n) is 11.6. The molecule has 4 aromatic rings. The van der Waals surface area contributed by atoms with E-state index in [-0.39, 0.29) is 23.2 Å². The van der Waals surface area contributed by atoms with Crippen LogP contribution < -0.4 is 10.6 Å². The Balaban J connectivity index is 1.86. The quantitative estimate of drug-likeness (QED) is 0.345. The molecule has 0 saturated heterocycles. The molecule has 32 heavy (non-hydrogen) atoms. The monoisotopic (exact) mass is 424 g/mol. The molecule has 0 unspecified atom stereocenters. The molecule has 4 aromatic carbocycles. The number of benzene rings is 4. The average molecular weight is 425 g/mol. The van der Waals surface area contributed by atoms with Crippen molar-refractivity contribution >= 4 is 21.5 Å². The first-order chi connectivity index (χ1) is 15.1. The van der Waals surface area contributed by atoms with E-state index in [0.717, 1.165) is 0 Å². The Morgan fingerprint density at radius 3 is 1.16 bits per heavy atom. The molecule has 166 valence electrons. The maximum absolute atomic E-state index is 3.94. The highest BCUT2D eigenvalue weighted by Gasteiger charge is 2.31. The number of rotatable bonds is 5. The zero-order chi connectivity index (χ0) is 22.9. The van der Waals surface area contributed by atoms with Crippen LogP contribution in [-0.4, -0.2) is 11.1 Å². The van der Waals surface area contributed by atoms with Crippen molar-refractivity contribution in [2.75, 3.05) is 0 Å². The summed E-state index contributed by atoms with van der Waals surface area (Å²) in [7, 11) is 0. The summed E-state index contributed by atoms with van der Waals surface area (Å²) in [6.07, 6.45) is 0. The molecule has 0 fully saturated rings. The van der Waals surface area contributed by atoms with Gasteiger partial charge in [-0.15, -0.1) is 0 Å². The van der Waals surface area contributed by atoms with Gasteiger partial charge in [0.15, 0.2) is 0 Å². The van der Waals surface area contributed by atoms with Crippen molar-refractivity contribution in [1.82, 2.24) is 10.6 Å². The van der Waals surface area contributed by atoms with E-state index in [1.165, 1.54) is 32.7 Å². The SMILES string of the molecule is CC(C)(C)N[C@H](c1ccc2ccccc2c1)[C@@H](NC(C)(C)C)c1ccc2ccccc2c1. The minimum atomic E-state index is -0.0367. The van der Waals surface area contributed by atoms with Gasteiger partial charge in [0.05, 0.1) is 12.1 Å². The molecule has 0 aliphatic carbocycles. The Labute approximate surface area is 193 Å². The summed E-state index contributed by atoms with van der Waals surface area (Å²) in [6, 6.07) is 31.2. The molecule has 0 radical (unpaired) electrons. The Hall–Kier alpha value is -2.68. The second-order valence-electron chi connectivity index (χ2n) is 11.0. The van der Waals surface area contributed by atoms with Gasteiger partial charge >= 0.3 is 0 Å². The molecule has 2 atom stereocenters. The molecule has 0 heterocycles. The molecule has 0 spiro atoms. The molecule has 0 aliphatic heterocycles. The van der Waals surface area contributed by atoms with Gasteiger partial charge in [0.2, 0.25) is 0 Å². The Kier molecular flexibility index (Phi) is 6.11. The van der Waals surface area contributed by atoms with Gasteiger partial charge in [-0.25, -0.2) is 0 Å². The molecule has 0 bridgehead atoms. The van der Waals surface area contributed by atoms with Gasteiger partial charge in [0.25, 0.3) is 0 Å². The normalized spacial score (nSPS) is 14.6. The maximum atomic E-state index is 3.94. The third-order valence-corrected chi connectivity index (χ3v) is 5.78. The van der Waals surface area contributed by atoms with Crippen LogP contribution in [0.25, 0.3) is 21.5 Å². The smallest absolute Gasteiger partial charge is 0.0522 e. The third kappa shape index (κ3) is 5.38. The summed E-state index contributed by atoms with van der Waals surface area (Å²) in [4.78, 5) is 0. The van der Waals surface area contributed by atoms with Gasteiger partial charge in [0, 0.05) is 11.1 Å². The van der Waals surface area contributed by atoms with E-state index in [0.29, 0.717) is 0 Å². The van der Waals surface area contributed by atoms with Crippen LogP contribution in [0.15, 0.2) is 84.9 Å². The van der Waals surface area contributed by atoms with E-state index in [9.17, 15) is 0 Å². The number of fused-ring (bicyclic) bond motifs is 2. The van der Waals surface area contributed by atoms with E-state index in [4.69, 9.17) is 0 Å². The molecule has 0 aliphatic rings. The average Bonchev–Trinajstić information content (AvgIpc) is 2.74. The van der Waals surface area contributed by atoms with Crippen LogP contribution in [0.4, 0.5) is 0 Å². The Morgan fingerprint density at radius 1 is 0.469 bits per heavy atom. The van der Waals surface area contributed by atoms with Crippen molar-refractivity contribution in [3.05, 3.63) is 96.1 Å². The summed E-state index contributed by atoms with van der Waals surface area (Å²) in [5, 5.41) is 13.0. The summed E-state index contributed by atoms with van der Waals surface area (Å²) in [5.74, 6) is 0. The van der Waals surface area contributed by atoms with E-state index in [2.05, 4.69) is 137 Å². The van der Waals surface area contributed by atoms with Gasteiger partial charge in [-0.1, -0.05) is 72.8 Å². The number of hydrogen-bond acceptors (Lipinski definition) is 2. The van der Waals surface area contributed by atoms with Crippen molar-refractivity contribution in [1.29, 1.82) is 0 Å². The predicted octanol–water partition coefficient (Wildman–Crippen LogP) is 7.55. The minimum Gasteiger partial charge on any atom is -0.304 e. The fourth-order valence-electron chi connectivity index (χ4n) is 4.45. The van der Waals surface area contributed by atoms with Gasteiger partial charge in [-0.2, -0.15) is 0 Å². The van der Waals surface area contributed by atoms with Gasteiger partial charge in [-0.05, 0) is 86.3 Å². The van der Waals surface area contributed by atoms with Crippen molar-refractivity contribution in [3.63, 3.8) is 0 Å². The Bertz CT molecular complexity index is 1110. The van der Waals surface area contributed by atoms with Gasteiger partial charge < -0.3 is 10.6 Å². The second-order valence-corrected chi connectivity index (χ2v) is 11.0. The van der Waals surface area contributed by atoms with Crippen LogP contribution in [0.2, 0.25) is 0 Å². The van der Waals surface area contributed by atoms with Crippen LogP contribution in [0.3, 0.4) is 0 Å². The van der Waals surface area contributed by atoms with Crippen LogP contribution in [0.1, 0.15) is 64.8 Å². The Morgan fingerprint density at radius 2 is 0.812 bits per heavy atom. The molecule has 2 heteroatoms. The lowest BCUT2D eigenvalue weighted by Crippen LogP contribution is -2.48. The van der Waals surface area contributed by atoms with Crippen molar-refractivity contribution in [3.8, 4) is 0 Å². The van der Waals surface area contributed by atoms with E-state index in [1.807, 2.05) is 0 Å². The van der Waals surface area contributed by atoms with Gasteiger partial charge in [-0.3, -0.25) is 0 Å². The summed E-state index contributed by atoms with van der Waals surface area (Å²) in [5.41, 5.74) is 2.53. The van der Waals surface area contributed by atoms with Crippen molar-refractivity contribution in [2.24, 2.45) is 0 Å². The number of nitrogens with one attached hydrogen (secondary N) is 2. The highest BCUT2D eigenvalue weighted by Crippen LogP contribution is 2.35. The maximum Gasteiger partial charge on any atom is 0.0522 e. The summed E-state index contributed by atoms with van der Waals surface area (Å²) >= 11 is 0. The number of hydrogen-bond donors (Lipinski definition) is 2. The third-order valence-electron chi connectivity index (χ3n) is 5.78. The lowest BCUT2D eigenvalue weighted by molar-refractivity contribution is 0.259. The first-order valence-corrected chi connectivity index (χ1v) is 11.6. The van der Waals surface area contributed by atoms with Crippen molar-refractivity contribution in [2.45, 2.75) is 64.7 Å². The standard InChI is InChI=1S/C30H36N2/c1-29(2,3)31-27(25-17-15-21-11-7-9-13-23(21)19-25)28(32-30(4,5)6)26-18-16-22-12-8-10-14-24(22)20-26/h7-20,27-28,31-32H,1-6H3/t27-,28+. The highest BCUT2D eigenvalue weighted by molar-refractivity contribution is 5.84. The molecular formula is C30H36N2. The zero-order valence-electron chi connectivity index (χ0n) is 20.2. The van der Waals surface area contributed by atoms with E-state index < -0.39 is 0 Å². The van der Waals surface area contributed by atoms with E-state index >= 15 is 0 Å². The van der Waals surface area contributed by atoms with Crippen LogP contribution >= 0.6 is 0 Å². The topological polar surface area (TPSA) is 24.1 Å². The van der Waals surface area contributed by atoms with Crippen LogP contribution in [-0.2, 0) is 0 Å². The first kappa shape index (κ1) is 22.5. The minimum absolute atomic E-state index is 0.0367. The molecule has 0 aromatic heterocycles. The molecule has 4 rings (SSSR count). The van der Waals surface area contributed by atoms with Crippen molar-refractivity contribution < 1.29 is 0 Å². The molecule has 2 N–H and O–H groups in total. The highest BCUT2D eigenvalue weighted by atomic mass is 15.1. The summed E-state index contributed by atoms with van der Waals surface area (Å²) in [6.45, 7) is 13.5. The summed E-state index contributed by atoms with van der Waals surface area (Å²) < 4.78 is 0.